The van der Waals surface area contributed by atoms with Crippen LogP contribution in [-0.4, -0.2) is 26.1 Å². The van der Waals surface area contributed by atoms with Crippen LogP contribution >= 0.6 is 22.9 Å². The van der Waals surface area contributed by atoms with E-state index in [1.165, 1.54) is 0 Å². The Morgan fingerprint density at radius 1 is 1.19 bits per heavy atom. The summed E-state index contributed by atoms with van der Waals surface area (Å²) in [6, 6.07) is 8.19. The smallest absolute Gasteiger partial charge is 0.0840 e. The minimum atomic E-state index is 0.726. The van der Waals surface area contributed by atoms with E-state index in [0.29, 0.717) is 0 Å². The molecule has 3 nitrogen and oxygen atoms in total. The Morgan fingerprint density at radius 3 is 2.62 bits per heavy atom. The summed E-state index contributed by atoms with van der Waals surface area (Å²) in [7, 11) is 5.79. The molecule has 0 saturated carbocycles. The lowest BCUT2D eigenvalue weighted by Crippen LogP contribution is -2.09. The van der Waals surface area contributed by atoms with Crippen molar-refractivity contribution in [1.82, 2.24) is 4.98 Å². The van der Waals surface area contributed by atoms with E-state index in [9.17, 15) is 0 Å². The van der Waals surface area contributed by atoms with Crippen LogP contribution in [0.5, 0.6) is 0 Å². The predicted octanol–water partition coefficient (Wildman–Crippen LogP) is 3.96. The molecule has 0 amide bonds. The van der Waals surface area contributed by atoms with Gasteiger partial charge in [0.15, 0.2) is 0 Å². The number of rotatable bonds is 1. The van der Waals surface area contributed by atoms with E-state index < -0.39 is 0 Å². The van der Waals surface area contributed by atoms with Gasteiger partial charge < -0.3 is 4.90 Å². The third-order valence-corrected chi connectivity index (χ3v) is 4.85. The number of fused-ring (bicyclic) bond motifs is 2. The number of hydrogen-bond acceptors (Lipinski definition) is 4. The van der Waals surface area contributed by atoms with Gasteiger partial charge in [-0.15, -0.1) is 11.3 Å². The Labute approximate surface area is 132 Å². The van der Waals surface area contributed by atoms with Crippen molar-refractivity contribution >= 4 is 38.8 Å². The molecule has 0 atom stereocenters. The highest BCUT2D eigenvalue weighted by Gasteiger charge is 2.13. The van der Waals surface area contributed by atoms with Crippen LogP contribution in [0.2, 0.25) is 5.02 Å². The quantitative estimate of drug-likeness (QED) is 0.636. The summed E-state index contributed by atoms with van der Waals surface area (Å²) >= 11 is 8.07. The van der Waals surface area contributed by atoms with Crippen LogP contribution in [0, 0.1) is 6.92 Å². The number of halogens is 1. The monoisotopic (exact) mass is 317 g/mol. The van der Waals surface area contributed by atoms with Gasteiger partial charge in [-0.05, 0) is 36.8 Å². The molecule has 0 fully saturated rings. The molecular weight excluding hydrogens is 302 g/mol. The first-order valence-corrected chi connectivity index (χ1v) is 7.84. The first-order valence-electron chi connectivity index (χ1n) is 6.64. The van der Waals surface area contributed by atoms with Gasteiger partial charge in [0.25, 0.3) is 0 Å². The van der Waals surface area contributed by atoms with Crippen LogP contribution in [0.3, 0.4) is 0 Å². The molecule has 108 valence electrons. The first kappa shape index (κ1) is 14.3. The Hall–Kier alpha value is -1.65. The molecule has 1 aromatic carbocycles. The van der Waals surface area contributed by atoms with Crippen molar-refractivity contribution in [2.45, 2.75) is 6.92 Å². The van der Waals surface area contributed by atoms with Gasteiger partial charge in [0.2, 0.25) is 0 Å². The fourth-order valence-corrected chi connectivity index (χ4v) is 3.79. The number of anilines is 1. The molecule has 1 aliphatic heterocycles. The summed E-state index contributed by atoms with van der Waals surface area (Å²) in [6.07, 6.45) is 0. The Morgan fingerprint density at radius 2 is 1.95 bits per heavy atom. The second-order valence-electron chi connectivity index (χ2n) is 5.21. The van der Waals surface area contributed by atoms with Crippen LogP contribution in [0.1, 0.15) is 5.56 Å². The zero-order chi connectivity index (χ0) is 15.1. The molecule has 1 heterocycles. The fraction of sp³-hybridized carbons (Fsp3) is 0.250. The van der Waals surface area contributed by atoms with E-state index in [2.05, 4.69) is 30.1 Å². The number of nitrogens with zero attached hydrogens (tertiary/aromatic N) is 3. The predicted molar refractivity (Wildman–Crippen MR) is 91.8 cm³/mol. The molecule has 0 radical (unpaired) electrons. The summed E-state index contributed by atoms with van der Waals surface area (Å²) in [5, 5.41) is 1.71. The Kier molecular flexibility index (Phi) is 3.59. The van der Waals surface area contributed by atoms with Gasteiger partial charge in [0.05, 0.1) is 36.9 Å². The molecule has 5 heteroatoms. The molecule has 0 unspecified atom stereocenters. The van der Waals surface area contributed by atoms with Gasteiger partial charge in [-0.1, -0.05) is 11.6 Å². The lowest BCUT2D eigenvalue weighted by Gasteiger charge is -2.16. The fourth-order valence-electron chi connectivity index (χ4n) is 2.36. The summed E-state index contributed by atoms with van der Waals surface area (Å²) in [6.45, 7) is 2.07. The largest absolute Gasteiger partial charge is 0.376 e. The van der Waals surface area contributed by atoms with Crippen molar-refractivity contribution in [3.8, 4) is 10.6 Å². The topological polar surface area (TPSA) is 28.5 Å². The van der Waals surface area contributed by atoms with Crippen molar-refractivity contribution in [3.05, 3.63) is 40.2 Å². The Bertz CT molecular complexity index is 867. The summed E-state index contributed by atoms with van der Waals surface area (Å²) in [4.78, 5) is 12.2. The lowest BCUT2D eigenvalue weighted by molar-refractivity contribution is 1.13. The van der Waals surface area contributed by atoms with Crippen molar-refractivity contribution in [1.29, 1.82) is 0 Å². The maximum absolute atomic E-state index is 6.34. The van der Waals surface area contributed by atoms with Crippen molar-refractivity contribution in [3.63, 3.8) is 0 Å². The summed E-state index contributed by atoms with van der Waals surface area (Å²) in [5.41, 5.74) is 4.11. The van der Waals surface area contributed by atoms with Gasteiger partial charge >= 0.3 is 0 Å². The highest BCUT2D eigenvalue weighted by Crippen LogP contribution is 2.36. The molecule has 21 heavy (non-hydrogen) atoms. The first-order chi connectivity index (χ1) is 9.99. The van der Waals surface area contributed by atoms with E-state index >= 15 is 0 Å². The lowest BCUT2D eigenvalue weighted by atomic mass is 10.1. The van der Waals surface area contributed by atoms with E-state index in [1.54, 1.807) is 11.3 Å². The molecule has 3 rings (SSSR count). The molecule has 0 aromatic heterocycles. The maximum Gasteiger partial charge on any atom is 0.0840 e. The van der Waals surface area contributed by atoms with Gasteiger partial charge in [0, 0.05) is 21.1 Å². The van der Waals surface area contributed by atoms with Crippen molar-refractivity contribution in [2.24, 2.45) is 4.99 Å². The summed E-state index contributed by atoms with van der Waals surface area (Å²) in [5.74, 6) is 0. The van der Waals surface area contributed by atoms with E-state index in [0.717, 1.165) is 42.4 Å². The van der Waals surface area contributed by atoms with E-state index in [1.807, 2.05) is 32.1 Å². The molecule has 1 aromatic rings. The molecule has 0 bridgehead atoms. The average Bonchev–Trinajstić information content (AvgIpc) is 2.44. The highest BCUT2D eigenvalue weighted by molar-refractivity contribution is 7.21. The second kappa shape index (κ2) is 5.28. The summed E-state index contributed by atoms with van der Waals surface area (Å²) < 4.78 is 1.13. The van der Waals surface area contributed by atoms with Gasteiger partial charge in [-0.3, -0.25) is 4.99 Å². The maximum atomic E-state index is 6.34. The molecule has 2 aliphatic rings. The van der Waals surface area contributed by atoms with Crippen molar-refractivity contribution < 1.29 is 0 Å². The molecule has 0 saturated heterocycles. The van der Waals surface area contributed by atoms with Gasteiger partial charge in [-0.2, -0.15) is 0 Å². The SMILES string of the molecule is CN=c1cc2sc3cc(N(C)C)c(Cl)cc3nc-2c(C)c1. The van der Waals surface area contributed by atoms with Crippen LogP contribution in [0.15, 0.2) is 29.3 Å². The minimum Gasteiger partial charge on any atom is -0.376 e. The third kappa shape index (κ3) is 2.49. The van der Waals surface area contributed by atoms with Crippen molar-refractivity contribution in [2.75, 3.05) is 26.0 Å². The standard InChI is InChI=1S/C16H16ClN3S/c1-9-5-10(18-2)6-15-16(9)19-12-7-11(17)13(20(3)4)8-14(12)21-15/h5-8H,1-4H3. The molecule has 0 spiro atoms. The van der Waals surface area contributed by atoms with Crippen LogP contribution < -0.4 is 10.3 Å². The zero-order valence-electron chi connectivity index (χ0n) is 12.4. The number of aromatic nitrogens is 1. The normalized spacial score (nSPS) is 12.3. The van der Waals surface area contributed by atoms with Crippen LogP contribution in [0.25, 0.3) is 20.8 Å². The molecule has 1 aliphatic carbocycles. The average molecular weight is 318 g/mol. The molecular formula is C16H16ClN3S. The van der Waals surface area contributed by atoms with Crippen LogP contribution in [0.4, 0.5) is 5.69 Å². The zero-order valence-corrected chi connectivity index (χ0v) is 14.0. The Balaban J connectivity index is 2.39. The highest BCUT2D eigenvalue weighted by atomic mass is 35.5. The number of aryl methyl sites for hydroxylation is 1. The minimum absolute atomic E-state index is 0.726. The molecule has 0 N–H and O–H groups in total. The number of benzene rings is 2. The number of hydrogen-bond donors (Lipinski definition) is 0. The third-order valence-electron chi connectivity index (χ3n) is 3.47. The van der Waals surface area contributed by atoms with E-state index in [-0.39, 0.29) is 0 Å². The second-order valence-corrected chi connectivity index (χ2v) is 6.70. The van der Waals surface area contributed by atoms with E-state index in [4.69, 9.17) is 16.6 Å². The van der Waals surface area contributed by atoms with Crippen LogP contribution in [-0.2, 0) is 0 Å². The van der Waals surface area contributed by atoms with Gasteiger partial charge in [-0.25, -0.2) is 4.98 Å². The van der Waals surface area contributed by atoms with Gasteiger partial charge in [0.1, 0.15) is 0 Å².